The summed E-state index contributed by atoms with van der Waals surface area (Å²) < 4.78 is 0. The number of carbonyl (C=O) groups excluding carboxylic acids is 1. The van der Waals surface area contributed by atoms with E-state index in [-0.39, 0.29) is 18.0 Å². The summed E-state index contributed by atoms with van der Waals surface area (Å²) >= 11 is 1.83. The lowest BCUT2D eigenvalue weighted by molar-refractivity contribution is -0.123. The van der Waals surface area contributed by atoms with Crippen LogP contribution in [0.2, 0.25) is 0 Å². The smallest absolute Gasteiger partial charge is 0.236 e. The molecule has 0 bridgehead atoms. The molecular formula is C15H26N2OS. The van der Waals surface area contributed by atoms with Crippen LogP contribution in [0.3, 0.4) is 0 Å². The van der Waals surface area contributed by atoms with Gasteiger partial charge in [-0.2, -0.15) is 0 Å². The Labute approximate surface area is 120 Å². The number of hydrogen-bond acceptors (Lipinski definition) is 3. The van der Waals surface area contributed by atoms with Gasteiger partial charge in [-0.05, 0) is 37.8 Å². The molecule has 0 saturated heterocycles. The molecule has 0 saturated carbocycles. The van der Waals surface area contributed by atoms with Crippen molar-refractivity contribution in [3.05, 3.63) is 21.9 Å². The number of hydrogen-bond donors (Lipinski definition) is 2. The number of rotatable bonds is 7. The maximum absolute atomic E-state index is 11.9. The number of nitrogens with one attached hydrogen (secondary N) is 2. The number of thiophene rings is 1. The molecule has 3 nitrogen and oxygen atoms in total. The van der Waals surface area contributed by atoms with Gasteiger partial charge in [0.05, 0.1) is 6.04 Å². The van der Waals surface area contributed by atoms with Crippen LogP contribution in [0.25, 0.3) is 0 Å². The number of carbonyl (C=O) groups is 1. The Balaban J connectivity index is 2.69. The Morgan fingerprint density at radius 3 is 2.47 bits per heavy atom. The monoisotopic (exact) mass is 282 g/mol. The van der Waals surface area contributed by atoms with Crippen LogP contribution in [-0.2, 0) is 11.2 Å². The first-order valence-corrected chi connectivity index (χ1v) is 7.85. The van der Waals surface area contributed by atoms with Crippen molar-refractivity contribution >= 4 is 17.2 Å². The average Bonchev–Trinajstić information content (AvgIpc) is 2.85. The van der Waals surface area contributed by atoms with E-state index in [0.717, 1.165) is 12.8 Å². The summed E-state index contributed by atoms with van der Waals surface area (Å²) in [5.74, 6) is 0.573. The van der Waals surface area contributed by atoms with Crippen LogP contribution in [-0.4, -0.2) is 19.0 Å². The average molecular weight is 282 g/mol. The predicted octanol–water partition coefficient (Wildman–Crippen LogP) is 3.12. The lowest BCUT2D eigenvalue weighted by atomic mass is 10.0. The van der Waals surface area contributed by atoms with Crippen LogP contribution >= 0.6 is 11.3 Å². The third-order valence-corrected chi connectivity index (χ3v) is 4.59. The highest BCUT2D eigenvalue weighted by Crippen LogP contribution is 2.24. The Morgan fingerprint density at radius 1 is 1.32 bits per heavy atom. The third-order valence-electron chi connectivity index (χ3n) is 3.18. The molecular weight excluding hydrogens is 256 g/mol. The minimum Gasteiger partial charge on any atom is -0.358 e. The molecule has 108 valence electrons. The van der Waals surface area contributed by atoms with Crippen molar-refractivity contribution in [2.24, 2.45) is 5.92 Å². The fraction of sp³-hybridized carbons (Fsp3) is 0.667. The van der Waals surface area contributed by atoms with Crippen molar-refractivity contribution in [1.29, 1.82) is 0 Å². The standard InChI is InChI=1S/C15H26N2OS/c1-6-12-7-8-14(19-12)11(4)17-13(9-10(2)3)15(18)16-5/h7-8,10-11,13,17H,6,9H2,1-5H3,(H,16,18). The first-order valence-electron chi connectivity index (χ1n) is 7.04. The number of amides is 1. The molecule has 0 spiro atoms. The highest BCUT2D eigenvalue weighted by atomic mass is 32.1. The normalized spacial score (nSPS) is 14.4. The van der Waals surface area contributed by atoms with Gasteiger partial charge in [0, 0.05) is 22.8 Å². The zero-order chi connectivity index (χ0) is 14.4. The summed E-state index contributed by atoms with van der Waals surface area (Å²) in [6, 6.07) is 4.44. The highest BCUT2D eigenvalue weighted by molar-refractivity contribution is 7.12. The van der Waals surface area contributed by atoms with Crippen molar-refractivity contribution in [3.63, 3.8) is 0 Å². The fourth-order valence-corrected chi connectivity index (χ4v) is 3.06. The van der Waals surface area contributed by atoms with Crippen molar-refractivity contribution in [2.45, 2.75) is 52.6 Å². The first-order chi connectivity index (χ1) is 8.97. The quantitative estimate of drug-likeness (QED) is 0.807. The zero-order valence-electron chi connectivity index (χ0n) is 12.6. The van der Waals surface area contributed by atoms with E-state index in [1.54, 1.807) is 7.05 Å². The molecule has 1 aromatic rings. The first kappa shape index (κ1) is 16.2. The molecule has 4 heteroatoms. The summed E-state index contributed by atoms with van der Waals surface area (Å²) in [7, 11) is 1.70. The topological polar surface area (TPSA) is 41.1 Å². The molecule has 1 heterocycles. The van der Waals surface area contributed by atoms with Crippen LogP contribution < -0.4 is 10.6 Å². The van der Waals surface area contributed by atoms with E-state index >= 15 is 0 Å². The second kappa shape index (κ2) is 7.65. The van der Waals surface area contributed by atoms with Crippen molar-refractivity contribution in [1.82, 2.24) is 10.6 Å². The zero-order valence-corrected chi connectivity index (χ0v) is 13.4. The molecule has 0 aliphatic heterocycles. The van der Waals surface area contributed by atoms with Gasteiger partial charge in [0.1, 0.15) is 0 Å². The maximum atomic E-state index is 11.9. The molecule has 2 atom stereocenters. The third kappa shape index (κ3) is 4.96. The van der Waals surface area contributed by atoms with Gasteiger partial charge in [0.25, 0.3) is 0 Å². The van der Waals surface area contributed by atoms with E-state index in [2.05, 4.69) is 50.5 Å². The fourth-order valence-electron chi connectivity index (χ4n) is 2.10. The lowest BCUT2D eigenvalue weighted by Gasteiger charge is -2.23. The SMILES string of the molecule is CCc1ccc(C(C)NC(CC(C)C)C(=O)NC)s1. The molecule has 0 aliphatic rings. The molecule has 1 rings (SSSR count). The number of aryl methyl sites for hydroxylation is 1. The minimum absolute atomic E-state index is 0.0767. The van der Waals surface area contributed by atoms with Gasteiger partial charge in [-0.15, -0.1) is 11.3 Å². The van der Waals surface area contributed by atoms with Gasteiger partial charge < -0.3 is 5.32 Å². The highest BCUT2D eigenvalue weighted by Gasteiger charge is 2.21. The van der Waals surface area contributed by atoms with Gasteiger partial charge in [0.2, 0.25) is 5.91 Å². The molecule has 0 aliphatic carbocycles. The Morgan fingerprint density at radius 2 is 2.00 bits per heavy atom. The van der Waals surface area contributed by atoms with Gasteiger partial charge >= 0.3 is 0 Å². The maximum Gasteiger partial charge on any atom is 0.236 e. The molecule has 2 N–H and O–H groups in total. The Kier molecular flexibility index (Phi) is 6.52. The van der Waals surface area contributed by atoms with E-state index in [9.17, 15) is 4.79 Å². The van der Waals surface area contributed by atoms with Gasteiger partial charge in [-0.25, -0.2) is 0 Å². The van der Waals surface area contributed by atoms with Crippen LogP contribution in [0.15, 0.2) is 12.1 Å². The summed E-state index contributed by atoms with van der Waals surface area (Å²) in [5.41, 5.74) is 0. The minimum atomic E-state index is -0.118. The lowest BCUT2D eigenvalue weighted by Crippen LogP contribution is -2.44. The Hall–Kier alpha value is -0.870. The molecule has 1 aromatic heterocycles. The van der Waals surface area contributed by atoms with Crippen molar-refractivity contribution in [3.8, 4) is 0 Å². The predicted molar refractivity (Wildman–Crippen MR) is 82.6 cm³/mol. The summed E-state index contributed by atoms with van der Waals surface area (Å²) in [6.07, 6.45) is 1.93. The van der Waals surface area contributed by atoms with Gasteiger partial charge in [-0.1, -0.05) is 20.8 Å². The van der Waals surface area contributed by atoms with Crippen LogP contribution in [0.4, 0.5) is 0 Å². The molecule has 19 heavy (non-hydrogen) atoms. The molecule has 0 fully saturated rings. The largest absolute Gasteiger partial charge is 0.358 e. The molecule has 0 radical (unpaired) electrons. The van der Waals surface area contributed by atoms with Crippen molar-refractivity contribution in [2.75, 3.05) is 7.05 Å². The number of likely N-dealkylation sites (N-methyl/N-ethyl adjacent to an activating group) is 1. The van der Waals surface area contributed by atoms with E-state index in [1.165, 1.54) is 9.75 Å². The summed E-state index contributed by atoms with van der Waals surface area (Å²) in [4.78, 5) is 14.6. The van der Waals surface area contributed by atoms with E-state index in [1.807, 2.05) is 11.3 Å². The molecule has 1 amide bonds. The summed E-state index contributed by atoms with van der Waals surface area (Å²) in [6.45, 7) is 8.58. The van der Waals surface area contributed by atoms with Crippen LogP contribution in [0.5, 0.6) is 0 Å². The van der Waals surface area contributed by atoms with Crippen molar-refractivity contribution < 1.29 is 4.79 Å². The van der Waals surface area contributed by atoms with E-state index in [4.69, 9.17) is 0 Å². The van der Waals surface area contributed by atoms with Gasteiger partial charge in [0.15, 0.2) is 0 Å². The molecule has 0 aromatic carbocycles. The summed E-state index contributed by atoms with van der Waals surface area (Å²) in [5, 5.41) is 6.20. The Bertz CT molecular complexity index is 401. The molecule has 2 unspecified atom stereocenters. The van der Waals surface area contributed by atoms with E-state index in [0.29, 0.717) is 5.92 Å². The van der Waals surface area contributed by atoms with Gasteiger partial charge in [-0.3, -0.25) is 10.1 Å². The second-order valence-corrected chi connectivity index (χ2v) is 6.54. The second-order valence-electron chi connectivity index (χ2n) is 5.34. The van der Waals surface area contributed by atoms with E-state index < -0.39 is 0 Å². The van der Waals surface area contributed by atoms with Crippen LogP contribution in [0, 0.1) is 5.92 Å². The van der Waals surface area contributed by atoms with Crippen LogP contribution in [0.1, 0.15) is 49.9 Å².